The predicted octanol–water partition coefficient (Wildman–Crippen LogP) is 5.25. The number of unbranched alkanes of at least 4 members (excludes halogenated alkanes) is 1. The lowest BCUT2D eigenvalue weighted by Gasteiger charge is -2.18. The summed E-state index contributed by atoms with van der Waals surface area (Å²) in [7, 11) is 1.68. The van der Waals surface area contributed by atoms with Crippen molar-refractivity contribution in [2.45, 2.75) is 72.8 Å². The van der Waals surface area contributed by atoms with Crippen LogP contribution in [0.3, 0.4) is 0 Å². The molecule has 0 spiro atoms. The molecule has 0 saturated carbocycles. The Labute approximate surface area is 204 Å². The van der Waals surface area contributed by atoms with E-state index in [2.05, 4.69) is 33.6 Å². The first kappa shape index (κ1) is 27.3. The minimum Gasteiger partial charge on any atom is -0.496 e. The maximum Gasteiger partial charge on any atom is 0.230 e. The van der Waals surface area contributed by atoms with Crippen LogP contribution in [0.2, 0.25) is 0 Å². The molecule has 34 heavy (non-hydrogen) atoms. The summed E-state index contributed by atoms with van der Waals surface area (Å²) < 4.78 is 5.37. The Morgan fingerprint density at radius 2 is 1.94 bits per heavy atom. The van der Waals surface area contributed by atoms with E-state index < -0.39 is 11.5 Å². The van der Waals surface area contributed by atoms with E-state index >= 15 is 0 Å². The van der Waals surface area contributed by atoms with Gasteiger partial charge in [-0.1, -0.05) is 52.3 Å². The van der Waals surface area contributed by atoms with Gasteiger partial charge in [-0.3, -0.25) is 4.79 Å². The number of aliphatic hydroxyl groups excluding tert-OH is 1. The number of hydrogen-bond acceptors (Lipinski definition) is 6. The molecule has 186 valence electrons. The van der Waals surface area contributed by atoms with Crippen molar-refractivity contribution in [2.24, 2.45) is 5.41 Å². The highest BCUT2D eigenvalue weighted by Crippen LogP contribution is 2.22. The lowest BCUT2D eigenvalue weighted by atomic mass is 9.96. The number of nitrogens with one attached hydrogen (secondary N) is 2. The lowest BCUT2D eigenvalue weighted by Crippen LogP contribution is -2.28. The number of carbonyl (C=O) groups excluding carboxylic acids is 1. The van der Waals surface area contributed by atoms with E-state index in [0.717, 1.165) is 48.3 Å². The minimum absolute atomic E-state index is 0.0857. The Kier molecular flexibility index (Phi) is 10.5. The largest absolute Gasteiger partial charge is 0.496 e. The summed E-state index contributed by atoms with van der Waals surface area (Å²) in [6.07, 6.45) is 7.35. The SMILES string of the molecule is CCNc1nc(CCCCC(O)C=Cc2ccc(OC)c(CC)c2)cc(NC(=O)C(C)(C)C)n1. The van der Waals surface area contributed by atoms with E-state index in [0.29, 0.717) is 24.7 Å². The molecular formula is C27H40N4O3. The van der Waals surface area contributed by atoms with Crippen molar-refractivity contribution in [1.82, 2.24) is 9.97 Å². The number of aryl methyl sites for hydroxylation is 2. The number of amides is 1. The standard InChI is InChI=1S/C27H40N4O3/c1-7-20-17-19(14-16-23(20)34-6)13-15-22(32)12-10-9-11-21-18-24(30-25(33)27(3,4)5)31-26(29-21)28-8-2/h13-18,22,32H,7-12H2,1-6H3,(H2,28,29,30,31,33). The van der Waals surface area contributed by atoms with Crippen molar-refractivity contribution in [1.29, 1.82) is 0 Å². The molecule has 2 rings (SSSR count). The van der Waals surface area contributed by atoms with Crippen LogP contribution in [0.4, 0.5) is 11.8 Å². The van der Waals surface area contributed by atoms with Gasteiger partial charge in [0.2, 0.25) is 11.9 Å². The first-order chi connectivity index (χ1) is 16.2. The van der Waals surface area contributed by atoms with Crippen LogP contribution in [0.25, 0.3) is 6.08 Å². The topological polar surface area (TPSA) is 96.4 Å². The number of carbonyl (C=O) groups is 1. The molecule has 1 heterocycles. The van der Waals surface area contributed by atoms with Crippen LogP contribution in [-0.2, 0) is 17.6 Å². The highest BCUT2D eigenvalue weighted by molar-refractivity contribution is 5.93. The Balaban J connectivity index is 1.90. The first-order valence-electron chi connectivity index (χ1n) is 12.1. The van der Waals surface area contributed by atoms with E-state index in [-0.39, 0.29) is 5.91 Å². The van der Waals surface area contributed by atoms with Gasteiger partial charge >= 0.3 is 0 Å². The van der Waals surface area contributed by atoms with Crippen LogP contribution in [0.1, 0.15) is 70.7 Å². The van der Waals surface area contributed by atoms with Gasteiger partial charge in [-0.15, -0.1) is 0 Å². The number of rotatable bonds is 12. The van der Waals surface area contributed by atoms with Crippen molar-refractivity contribution in [3.05, 3.63) is 47.2 Å². The molecule has 0 aliphatic heterocycles. The van der Waals surface area contributed by atoms with Crippen LogP contribution in [0, 0.1) is 5.41 Å². The molecule has 1 aromatic carbocycles. The average molecular weight is 469 g/mol. The highest BCUT2D eigenvalue weighted by atomic mass is 16.5. The average Bonchev–Trinajstić information content (AvgIpc) is 2.79. The van der Waals surface area contributed by atoms with Gasteiger partial charge in [0.25, 0.3) is 0 Å². The van der Waals surface area contributed by atoms with Crippen molar-refractivity contribution in [3.63, 3.8) is 0 Å². The van der Waals surface area contributed by atoms with Gasteiger partial charge in [-0.25, -0.2) is 4.98 Å². The second kappa shape index (κ2) is 13.1. The molecule has 0 radical (unpaired) electrons. The van der Waals surface area contributed by atoms with Gasteiger partial charge in [-0.2, -0.15) is 4.98 Å². The van der Waals surface area contributed by atoms with E-state index in [1.165, 1.54) is 0 Å². The molecule has 7 heteroatoms. The molecule has 1 aromatic heterocycles. The third-order valence-corrected chi connectivity index (χ3v) is 5.42. The number of methoxy groups -OCH3 is 1. The van der Waals surface area contributed by atoms with Gasteiger partial charge in [0, 0.05) is 23.7 Å². The molecule has 1 unspecified atom stereocenters. The number of aliphatic hydroxyl groups is 1. The van der Waals surface area contributed by atoms with Crippen molar-refractivity contribution < 1.29 is 14.6 Å². The zero-order chi connectivity index (χ0) is 25.1. The van der Waals surface area contributed by atoms with Crippen molar-refractivity contribution in [2.75, 3.05) is 24.3 Å². The number of aromatic nitrogens is 2. The molecule has 7 nitrogen and oxygen atoms in total. The van der Waals surface area contributed by atoms with E-state index in [1.807, 2.05) is 58.0 Å². The summed E-state index contributed by atoms with van der Waals surface area (Å²) in [5, 5.41) is 16.4. The second-order valence-electron chi connectivity index (χ2n) is 9.40. The fourth-order valence-electron chi connectivity index (χ4n) is 3.39. The van der Waals surface area contributed by atoms with Gasteiger partial charge < -0.3 is 20.5 Å². The maximum absolute atomic E-state index is 12.3. The summed E-state index contributed by atoms with van der Waals surface area (Å²) in [6, 6.07) is 7.88. The van der Waals surface area contributed by atoms with Gasteiger partial charge in [0.15, 0.2) is 0 Å². The number of nitrogens with zero attached hydrogens (tertiary/aromatic N) is 2. The number of hydrogen-bond donors (Lipinski definition) is 3. The zero-order valence-corrected chi connectivity index (χ0v) is 21.4. The molecule has 0 aliphatic rings. The zero-order valence-electron chi connectivity index (χ0n) is 21.4. The van der Waals surface area contributed by atoms with Gasteiger partial charge in [0.1, 0.15) is 11.6 Å². The quantitative estimate of drug-likeness (QED) is 0.368. The molecule has 1 atom stereocenters. The van der Waals surface area contributed by atoms with Crippen LogP contribution in [0.5, 0.6) is 5.75 Å². The maximum atomic E-state index is 12.3. The van der Waals surface area contributed by atoms with Crippen molar-refractivity contribution in [3.8, 4) is 5.75 Å². The fraction of sp³-hybridized carbons (Fsp3) is 0.519. The van der Waals surface area contributed by atoms with Crippen LogP contribution >= 0.6 is 0 Å². The van der Waals surface area contributed by atoms with Crippen LogP contribution in [0.15, 0.2) is 30.3 Å². The fourth-order valence-corrected chi connectivity index (χ4v) is 3.39. The molecule has 3 N–H and O–H groups in total. The number of benzene rings is 1. The summed E-state index contributed by atoms with van der Waals surface area (Å²) >= 11 is 0. The molecule has 0 saturated heterocycles. The van der Waals surface area contributed by atoms with E-state index in [1.54, 1.807) is 7.11 Å². The van der Waals surface area contributed by atoms with Crippen LogP contribution < -0.4 is 15.4 Å². The minimum atomic E-state index is -0.503. The van der Waals surface area contributed by atoms with Crippen LogP contribution in [-0.4, -0.2) is 40.7 Å². The van der Waals surface area contributed by atoms with Crippen molar-refractivity contribution >= 4 is 23.7 Å². The third-order valence-electron chi connectivity index (χ3n) is 5.42. The Morgan fingerprint density at radius 3 is 2.59 bits per heavy atom. The smallest absolute Gasteiger partial charge is 0.230 e. The third kappa shape index (κ3) is 8.78. The number of anilines is 2. The molecule has 2 aromatic rings. The number of ether oxygens (including phenoxy) is 1. The highest BCUT2D eigenvalue weighted by Gasteiger charge is 2.22. The Morgan fingerprint density at radius 1 is 1.18 bits per heavy atom. The molecule has 0 bridgehead atoms. The Bertz CT molecular complexity index is 967. The lowest BCUT2D eigenvalue weighted by molar-refractivity contribution is -0.123. The molecule has 0 fully saturated rings. The molecule has 1 amide bonds. The molecular weight excluding hydrogens is 428 g/mol. The Hall–Kier alpha value is -2.93. The predicted molar refractivity (Wildman–Crippen MR) is 139 cm³/mol. The summed E-state index contributed by atoms with van der Waals surface area (Å²) in [5.41, 5.74) is 2.57. The monoisotopic (exact) mass is 468 g/mol. The van der Waals surface area contributed by atoms with Gasteiger partial charge in [0.05, 0.1) is 13.2 Å². The van der Waals surface area contributed by atoms with Gasteiger partial charge in [-0.05, 0) is 55.9 Å². The summed E-state index contributed by atoms with van der Waals surface area (Å²) in [6.45, 7) is 10.4. The van der Waals surface area contributed by atoms with E-state index in [9.17, 15) is 9.90 Å². The van der Waals surface area contributed by atoms with E-state index in [4.69, 9.17) is 4.74 Å². The first-order valence-corrected chi connectivity index (χ1v) is 12.1. The second-order valence-corrected chi connectivity index (χ2v) is 9.40. The summed E-state index contributed by atoms with van der Waals surface area (Å²) in [4.78, 5) is 21.3. The summed E-state index contributed by atoms with van der Waals surface area (Å²) in [5.74, 6) is 1.83. The molecule has 0 aliphatic carbocycles. The normalized spacial score (nSPS) is 12.6.